The predicted octanol–water partition coefficient (Wildman–Crippen LogP) is 1.39. The first-order chi connectivity index (χ1) is 6.95. The van der Waals surface area contributed by atoms with E-state index in [9.17, 15) is 0 Å². The van der Waals surface area contributed by atoms with Gasteiger partial charge in [-0.2, -0.15) is 0 Å². The van der Waals surface area contributed by atoms with Gasteiger partial charge in [-0.15, -0.1) is 0 Å². The molecule has 1 N–H and O–H groups in total. The van der Waals surface area contributed by atoms with Gasteiger partial charge in [0.25, 0.3) is 0 Å². The van der Waals surface area contributed by atoms with Crippen molar-refractivity contribution in [2.75, 3.05) is 6.54 Å². The fraction of sp³-hybridized carbons (Fsp3) is 0.636. The van der Waals surface area contributed by atoms with Gasteiger partial charge >= 0.3 is 0 Å². The molecule has 1 atom stereocenters. The highest BCUT2D eigenvalue weighted by atomic mass is 15.0. The van der Waals surface area contributed by atoms with Crippen LogP contribution in [0.25, 0.3) is 0 Å². The topological polar surface area (TPSA) is 37.8 Å². The molecule has 0 aromatic carbocycles. The van der Waals surface area contributed by atoms with Crippen LogP contribution in [0.15, 0.2) is 6.33 Å². The van der Waals surface area contributed by atoms with E-state index in [0.717, 1.165) is 13.0 Å². The Balaban J connectivity index is 2.00. The number of hydrogen-bond donors (Lipinski definition) is 1. The van der Waals surface area contributed by atoms with Crippen molar-refractivity contribution < 1.29 is 0 Å². The molecule has 3 nitrogen and oxygen atoms in total. The van der Waals surface area contributed by atoms with Crippen molar-refractivity contribution in [3.05, 3.63) is 23.3 Å². The molecule has 1 aromatic rings. The summed E-state index contributed by atoms with van der Waals surface area (Å²) in [5.74, 6) is 0. The highest BCUT2D eigenvalue weighted by molar-refractivity contribution is 5.31. The van der Waals surface area contributed by atoms with E-state index in [1.807, 2.05) is 0 Å². The van der Waals surface area contributed by atoms with E-state index in [1.165, 1.54) is 42.6 Å². The molecule has 74 valence electrons. The lowest BCUT2D eigenvalue weighted by molar-refractivity contribution is 0.617. The maximum absolute atomic E-state index is 4.46. The molecular weight excluding hydrogens is 174 g/mol. The number of aryl methyl sites for hydroxylation is 1. The lowest BCUT2D eigenvalue weighted by Gasteiger charge is -2.12. The maximum atomic E-state index is 4.46. The maximum Gasteiger partial charge on any atom is 0.116 e. The number of nitrogens with one attached hydrogen (secondary N) is 1. The molecule has 0 radical (unpaired) electrons. The summed E-state index contributed by atoms with van der Waals surface area (Å²) in [6.07, 6.45) is 7.85. The zero-order valence-electron chi connectivity index (χ0n) is 8.29. The monoisotopic (exact) mass is 189 g/mol. The van der Waals surface area contributed by atoms with Gasteiger partial charge in [0.2, 0.25) is 0 Å². The largest absolute Gasteiger partial charge is 0.309 e. The molecule has 1 fully saturated rings. The lowest BCUT2D eigenvalue weighted by atomic mass is 10.1. The highest BCUT2D eigenvalue weighted by Gasteiger charge is 2.24. The summed E-state index contributed by atoms with van der Waals surface area (Å²) < 4.78 is 0. The Kier molecular flexibility index (Phi) is 1.98. The number of fused-ring (bicyclic) bond motifs is 1. The molecule has 2 aliphatic rings. The van der Waals surface area contributed by atoms with Gasteiger partial charge in [-0.05, 0) is 44.2 Å². The van der Waals surface area contributed by atoms with Crippen molar-refractivity contribution in [2.45, 2.75) is 38.1 Å². The van der Waals surface area contributed by atoms with Crippen LogP contribution >= 0.6 is 0 Å². The molecule has 2 heterocycles. The molecule has 3 rings (SSSR count). The summed E-state index contributed by atoms with van der Waals surface area (Å²) in [4.78, 5) is 8.81. The SMILES string of the molecule is c1nc2c(c(C3CCCN3)n1)CCC2. The van der Waals surface area contributed by atoms with Gasteiger partial charge in [0.1, 0.15) is 6.33 Å². The molecule has 0 saturated carbocycles. The van der Waals surface area contributed by atoms with Crippen molar-refractivity contribution in [3.8, 4) is 0 Å². The van der Waals surface area contributed by atoms with Crippen LogP contribution in [-0.2, 0) is 12.8 Å². The van der Waals surface area contributed by atoms with E-state index >= 15 is 0 Å². The lowest BCUT2D eigenvalue weighted by Crippen LogP contribution is -2.16. The van der Waals surface area contributed by atoms with Crippen molar-refractivity contribution in [2.24, 2.45) is 0 Å². The Morgan fingerprint density at radius 1 is 1.21 bits per heavy atom. The standard InChI is InChI=1S/C11H15N3/c1-3-8-9(4-1)13-7-14-11(8)10-5-2-6-12-10/h7,10,12H,1-6H2. The first-order valence-electron chi connectivity index (χ1n) is 5.51. The van der Waals surface area contributed by atoms with Gasteiger partial charge in [-0.3, -0.25) is 0 Å². The predicted molar refractivity (Wildman–Crippen MR) is 54.0 cm³/mol. The van der Waals surface area contributed by atoms with Crippen LogP contribution in [0.2, 0.25) is 0 Å². The van der Waals surface area contributed by atoms with Crippen molar-refractivity contribution in [3.63, 3.8) is 0 Å². The summed E-state index contributed by atoms with van der Waals surface area (Å²) in [6, 6.07) is 0.504. The van der Waals surface area contributed by atoms with E-state index in [1.54, 1.807) is 6.33 Å². The second kappa shape index (κ2) is 3.31. The van der Waals surface area contributed by atoms with Gasteiger partial charge in [-0.1, -0.05) is 0 Å². The Hall–Kier alpha value is -0.960. The Morgan fingerprint density at radius 2 is 2.21 bits per heavy atom. The fourth-order valence-corrected chi connectivity index (χ4v) is 2.60. The third kappa shape index (κ3) is 1.23. The van der Waals surface area contributed by atoms with E-state index in [0.29, 0.717) is 6.04 Å². The Bertz CT molecular complexity index is 342. The van der Waals surface area contributed by atoms with E-state index in [4.69, 9.17) is 0 Å². The zero-order valence-corrected chi connectivity index (χ0v) is 8.29. The fourth-order valence-electron chi connectivity index (χ4n) is 2.60. The van der Waals surface area contributed by atoms with Crippen LogP contribution in [0, 0.1) is 0 Å². The smallest absolute Gasteiger partial charge is 0.116 e. The summed E-state index contributed by atoms with van der Waals surface area (Å²) in [5.41, 5.74) is 4.01. The Morgan fingerprint density at radius 3 is 3.07 bits per heavy atom. The highest BCUT2D eigenvalue weighted by Crippen LogP contribution is 2.29. The normalized spacial score (nSPS) is 25.3. The van der Waals surface area contributed by atoms with Crippen LogP contribution in [-0.4, -0.2) is 16.5 Å². The van der Waals surface area contributed by atoms with Crippen LogP contribution in [0.3, 0.4) is 0 Å². The van der Waals surface area contributed by atoms with Gasteiger partial charge < -0.3 is 5.32 Å². The average molecular weight is 189 g/mol. The second-order valence-electron chi connectivity index (χ2n) is 4.19. The molecule has 1 unspecified atom stereocenters. The van der Waals surface area contributed by atoms with Gasteiger partial charge in [0, 0.05) is 11.7 Å². The van der Waals surface area contributed by atoms with Crippen molar-refractivity contribution in [1.82, 2.24) is 15.3 Å². The molecule has 3 heteroatoms. The summed E-state index contributed by atoms with van der Waals surface area (Å²) in [5, 5.41) is 3.51. The zero-order chi connectivity index (χ0) is 9.38. The summed E-state index contributed by atoms with van der Waals surface area (Å²) in [6.45, 7) is 1.14. The molecule has 1 aromatic heterocycles. The van der Waals surface area contributed by atoms with Gasteiger partial charge in [0.05, 0.1) is 5.69 Å². The number of nitrogens with zero attached hydrogens (tertiary/aromatic N) is 2. The molecular formula is C11H15N3. The van der Waals surface area contributed by atoms with E-state index in [2.05, 4.69) is 15.3 Å². The molecule has 1 aliphatic carbocycles. The molecule has 1 saturated heterocycles. The molecule has 0 spiro atoms. The molecule has 0 bridgehead atoms. The van der Waals surface area contributed by atoms with Crippen LogP contribution in [0.5, 0.6) is 0 Å². The number of aromatic nitrogens is 2. The molecule has 14 heavy (non-hydrogen) atoms. The minimum Gasteiger partial charge on any atom is -0.309 e. The van der Waals surface area contributed by atoms with Gasteiger partial charge in [0.15, 0.2) is 0 Å². The number of rotatable bonds is 1. The second-order valence-corrected chi connectivity index (χ2v) is 4.19. The number of hydrogen-bond acceptors (Lipinski definition) is 3. The third-order valence-electron chi connectivity index (χ3n) is 3.30. The van der Waals surface area contributed by atoms with Crippen LogP contribution in [0.1, 0.15) is 42.3 Å². The summed E-state index contributed by atoms with van der Waals surface area (Å²) in [7, 11) is 0. The Labute approximate surface area is 84.0 Å². The third-order valence-corrected chi connectivity index (χ3v) is 3.30. The minimum absolute atomic E-state index is 0.504. The van der Waals surface area contributed by atoms with E-state index in [-0.39, 0.29) is 0 Å². The van der Waals surface area contributed by atoms with E-state index < -0.39 is 0 Å². The first-order valence-corrected chi connectivity index (χ1v) is 5.51. The molecule has 0 amide bonds. The van der Waals surface area contributed by atoms with Crippen molar-refractivity contribution >= 4 is 0 Å². The van der Waals surface area contributed by atoms with Crippen molar-refractivity contribution in [1.29, 1.82) is 0 Å². The minimum atomic E-state index is 0.504. The first kappa shape index (κ1) is 8.36. The summed E-state index contributed by atoms with van der Waals surface area (Å²) >= 11 is 0. The molecule has 1 aliphatic heterocycles. The quantitative estimate of drug-likeness (QED) is 0.725. The van der Waals surface area contributed by atoms with Gasteiger partial charge in [-0.25, -0.2) is 9.97 Å². The van der Waals surface area contributed by atoms with Crippen LogP contribution in [0.4, 0.5) is 0 Å². The van der Waals surface area contributed by atoms with Crippen LogP contribution < -0.4 is 5.32 Å². The average Bonchev–Trinajstić information content (AvgIpc) is 2.88.